The van der Waals surface area contributed by atoms with E-state index in [1.54, 1.807) is 0 Å². The van der Waals surface area contributed by atoms with Crippen molar-refractivity contribution in [1.29, 1.82) is 0 Å². The number of rotatable bonds is 5. The summed E-state index contributed by atoms with van der Waals surface area (Å²) in [5.41, 5.74) is 3.67. The van der Waals surface area contributed by atoms with E-state index >= 15 is 0 Å². The van der Waals surface area contributed by atoms with Gasteiger partial charge in [-0.05, 0) is 122 Å². The van der Waals surface area contributed by atoms with Crippen LogP contribution in [0.4, 0.5) is 0 Å². The fraction of sp³-hybridized carbons (Fsp3) is 0.933. The van der Waals surface area contributed by atoms with Gasteiger partial charge in [-0.15, -0.1) is 6.58 Å². The van der Waals surface area contributed by atoms with Crippen LogP contribution in [0.15, 0.2) is 12.2 Å². The second-order valence-corrected chi connectivity index (χ2v) is 14.0. The molecule has 0 nitrogen and oxygen atoms in total. The van der Waals surface area contributed by atoms with Crippen molar-refractivity contribution in [3.8, 4) is 0 Å². The van der Waals surface area contributed by atoms with Crippen molar-refractivity contribution in [1.82, 2.24) is 0 Å². The second-order valence-electron chi connectivity index (χ2n) is 14.0. The molecule has 0 spiro atoms. The predicted molar refractivity (Wildman–Crippen MR) is 131 cm³/mol. The van der Waals surface area contributed by atoms with Crippen LogP contribution in [0.1, 0.15) is 126 Å². The zero-order chi connectivity index (χ0) is 21.9. The van der Waals surface area contributed by atoms with Crippen LogP contribution in [0.5, 0.6) is 0 Å². The van der Waals surface area contributed by atoms with Crippen molar-refractivity contribution >= 4 is 0 Å². The third kappa shape index (κ3) is 3.28. The lowest BCUT2D eigenvalue weighted by molar-refractivity contribution is -0.203. The zero-order valence-corrected chi connectivity index (χ0v) is 21.6. The van der Waals surface area contributed by atoms with Crippen molar-refractivity contribution in [2.24, 2.45) is 51.2 Å². The molecule has 0 N–H and O–H groups in total. The van der Waals surface area contributed by atoms with Crippen molar-refractivity contribution < 1.29 is 0 Å². The molecular formula is C30H52. The van der Waals surface area contributed by atoms with Crippen LogP contribution in [0.2, 0.25) is 0 Å². The molecule has 0 aromatic carbocycles. The highest BCUT2D eigenvalue weighted by atomic mass is 14.7. The fourth-order valence-corrected chi connectivity index (χ4v) is 10.5. The Balaban J connectivity index is 1.56. The van der Waals surface area contributed by atoms with E-state index in [1.165, 1.54) is 82.6 Å². The molecule has 4 rings (SSSR count). The molecule has 30 heavy (non-hydrogen) atoms. The van der Waals surface area contributed by atoms with E-state index in [0.29, 0.717) is 21.7 Å². The van der Waals surface area contributed by atoms with Crippen LogP contribution in [0, 0.1) is 51.2 Å². The maximum Gasteiger partial charge on any atom is -0.0235 e. The topological polar surface area (TPSA) is 0 Å². The largest absolute Gasteiger partial charge is 0.100 e. The molecule has 0 radical (unpaired) electrons. The summed E-state index contributed by atoms with van der Waals surface area (Å²) in [7, 11) is 0. The summed E-state index contributed by atoms with van der Waals surface area (Å²) in [4.78, 5) is 0. The Hall–Kier alpha value is -0.260. The van der Waals surface area contributed by atoms with Crippen LogP contribution >= 0.6 is 0 Å². The van der Waals surface area contributed by atoms with Crippen LogP contribution in [-0.4, -0.2) is 0 Å². The summed E-state index contributed by atoms with van der Waals surface area (Å²) in [5, 5.41) is 0. The first-order chi connectivity index (χ1) is 14.0. The van der Waals surface area contributed by atoms with Gasteiger partial charge in [-0.25, -0.2) is 0 Å². The van der Waals surface area contributed by atoms with Crippen LogP contribution in [0.25, 0.3) is 0 Å². The molecule has 0 aromatic rings. The van der Waals surface area contributed by atoms with Crippen molar-refractivity contribution in [3.05, 3.63) is 12.2 Å². The van der Waals surface area contributed by atoms with Gasteiger partial charge in [0.05, 0.1) is 0 Å². The lowest BCUT2D eigenvalue weighted by Crippen LogP contribution is -2.62. The molecule has 4 aliphatic rings. The predicted octanol–water partition coefficient (Wildman–Crippen LogP) is 9.44. The van der Waals surface area contributed by atoms with Crippen molar-refractivity contribution in [3.63, 3.8) is 0 Å². The van der Waals surface area contributed by atoms with Crippen molar-refractivity contribution in [2.45, 2.75) is 126 Å². The van der Waals surface area contributed by atoms with Gasteiger partial charge in [0.25, 0.3) is 0 Å². The molecule has 0 amide bonds. The van der Waals surface area contributed by atoms with Gasteiger partial charge >= 0.3 is 0 Å². The van der Waals surface area contributed by atoms with Gasteiger partial charge in [-0.3, -0.25) is 0 Å². The standard InChI is InChI=1S/C30H52/c1-21(2)11-9-12-22(3)23-15-19-29(7)24(23)13-14-26-28(6)18-10-17-27(4,5)25(28)16-20-30(26,29)8/h22-26H,1,9-20H2,2-8H3/t22-,23-,24+,25?,26-,28+,29+,30-/m1/s1. The van der Waals surface area contributed by atoms with E-state index in [4.69, 9.17) is 0 Å². The molecule has 172 valence electrons. The Bertz CT molecular complexity index is 657. The molecule has 1 unspecified atom stereocenters. The molecule has 0 saturated heterocycles. The zero-order valence-electron chi connectivity index (χ0n) is 21.6. The summed E-state index contributed by atoms with van der Waals surface area (Å²) < 4.78 is 0. The van der Waals surface area contributed by atoms with E-state index in [0.717, 1.165) is 29.6 Å². The molecule has 0 aliphatic heterocycles. The first kappa shape index (κ1) is 22.9. The Morgan fingerprint density at radius 1 is 0.867 bits per heavy atom. The summed E-state index contributed by atoms with van der Waals surface area (Å²) in [6.45, 7) is 22.4. The molecule has 4 fully saturated rings. The molecule has 0 heterocycles. The Morgan fingerprint density at radius 2 is 1.57 bits per heavy atom. The van der Waals surface area contributed by atoms with Gasteiger partial charge in [0, 0.05) is 0 Å². The van der Waals surface area contributed by atoms with E-state index in [2.05, 4.69) is 55.0 Å². The average Bonchev–Trinajstić information content (AvgIpc) is 2.99. The lowest BCUT2D eigenvalue weighted by Gasteiger charge is -2.69. The maximum absolute atomic E-state index is 4.13. The van der Waals surface area contributed by atoms with Gasteiger partial charge in [0.15, 0.2) is 0 Å². The summed E-state index contributed by atoms with van der Waals surface area (Å²) in [6, 6.07) is 0. The van der Waals surface area contributed by atoms with E-state index in [-0.39, 0.29) is 0 Å². The monoisotopic (exact) mass is 412 g/mol. The van der Waals surface area contributed by atoms with Crippen LogP contribution in [-0.2, 0) is 0 Å². The Kier molecular flexibility index (Phi) is 5.85. The number of allylic oxidation sites excluding steroid dienone is 1. The van der Waals surface area contributed by atoms with Gasteiger partial charge < -0.3 is 0 Å². The van der Waals surface area contributed by atoms with Gasteiger partial charge in [0.1, 0.15) is 0 Å². The normalized spacial score (nSPS) is 48.4. The van der Waals surface area contributed by atoms with E-state index in [9.17, 15) is 0 Å². The highest BCUT2D eigenvalue weighted by molar-refractivity contribution is 5.16. The minimum atomic E-state index is 0.558. The summed E-state index contributed by atoms with van der Waals surface area (Å²) in [5.74, 6) is 4.77. The highest BCUT2D eigenvalue weighted by Crippen LogP contribution is 2.75. The Morgan fingerprint density at radius 3 is 2.27 bits per heavy atom. The summed E-state index contributed by atoms with van der Waals surface area (Å²) in [6.07, 6.45) is 17.5. The van der Waals surface area contributed by atoms with E-state index in [1.807, 2.05) is 0 Å². The first-order valence-corrected chi connectivity index (χ1v) is 13.6. The number of hydrogen-bond acceptors (Lipinski definition) is 0. The van der Waals surface area contributed by atoms with Crippen LogP contribution in [0.3, 0.4) is 0 Å². The number of fused-ring (bicyclic) bond motifs is 5. The molecule has 0 bridgehead atoms. The fourth-order valence-electron chi connectivity index (χ4n) is 10.5. The summed E-state index contributed by atoms with van der Waals surface area (Å²) >= 11 is 0. The average molecular weight is 413 g/mol. The maximum atomic E-state index is 4.13. The molecule has 0 aromatic heterocycles. The van der Waals surface area contributed by atoms with E-state index < -0.39 is 0 Å². The minimum absolute atomic E-state index is 0.558. The molecule has 4 aliphatic carbocycles. The molecular weight excluding hydrogens is 360 g/mol. The molecule has 8 atom stereocenters. The minimum Gasteiger partial charge on any atom is -0.100 e. The van der Waals surface area contributed by atoms with Gasteiger partial charge in [-0.1, -0.05) is 60.0 Å². The third-order valence-electron chi connectivity index (χ3n) is 12.2. The third-order valence-corrected chi connectivity index (χ3v) is 12.2. The van der Waals surface area contributed by atoms with Gasteiger partial charge in [-0.2, -0.15) is 0 Å². The highest BCUT2D eigenvalue weighted by Gasteiger charge is 2.67. The SMILES string of the molecule is C=C(C)CCC[C@@H](C)[C@H]1CC[C@@]2(C)[C@H]1CC[C@@H]1[C@@]3(C)CCCC(C)(C)C3CC[C@]12C. The quantitative estimate of drug-likeness (QED) is 0.394. The Labute approximate surface area is 189 Å². The molecule has 4 saturated carbocycles. The van der Waals surface area contributed by atoms with Crippen molar-refractivity contribution in [2.75, 3.05) is 0 Å². The number of hydrogen-bond donors (Lipinski definition) is 0. The first-order valence-electron chi connectivity index (χ1n) is 13.6. The molecule has 0 heteroatoms. The van der Waals surface area contributed by atoms with Gasteiger partial charge in [0.2, 0.25) is 0 Å². The smallest absolute Gasteiger partial charge is 0.0235 e. The second kappa shape index (κ2) is 7.66. The lowest BCUT2D eigenvalue weighted by atomic mass is 9.35. The van der Waals surface area contributed by atoms with Crippen LogP contribution < -0.4 is 0 Å².